The Bertz CT molecular complexity index is 976. The van der Waals surface area contributed by atoms with Crippen LogP contribution in [-0.2, 0) is 19.1 Å². The van der Waals surface area contributed by atoms with Gasteiger partial charge < -0.3 is 29.2 Å². The molecular formula is C22H24N2O7. The van der Waals surface area contributed by atoms with Crippen LogP contribution in [0.4, 0.5) is 11.4 Å². The molecule has 31 heavy (non-hydrogen) atoms. The summed E-state index contributed by atoms with van der Waals surface area (Å²) in [5, 5.41) is 2.63. The van der Waals surface area contributed by atoms with E-state index < -0.39 is 24.4 Å². The lowest BCUT2D eigenvalue weighted by Crippen LogP contribution is -2.28. The minimum absolute atomic E-state index is 0.0178. The molecule has 0 unspecified atom stereocenters. The Hall–Kier alpha value is -3.75. The molecule has 0 aliphatic carbocycles. The first-order chi connectivity index (χ1) is 14.9. The van der Waals surface area contributed by atoms with Gasteiger partial charge in [0.2, 0.25) is 5.91 Å². The number of hydrogen-bond acceptors (Lipinski definition) is 7. The van der Waals surface area contributed by atoms with Gasteiger partial charge >= 0.3 is 5.97 Å². The van der Waals surface area contributed by atoms with Crippen molar-refractivity contribution in [3.8, 4) is 17.2 Å². The maximum atomic E-state index is 12.4. The van der Waals surface area contributed by atoms with Gasteiger partial charge in [-0.3, -0.25) is 14.4 Å². The van der Waals surface area contributed by atoms with Crippen LogP contribution in [0.3, 0.4) is 0 Å². The monoisotopic (exact) mass is 428 g/mol. The summed E-state index contributed by atoms with van der Waals surface area (Å²) in [7, 11) is 4.53. The smallest absolute Gasteiger partial charge is 0.311 e. The van der Waals surface area contributed by atoms with Crippen molar-refractivity contribution in [2.45, 2.75) is 6.42 Å². The van der Waals surface area contributed by atoms with Crippen molar-refractivity contribution in [1.82, 2.24) is 0 Å². The third kappa shape index (κ3) is 5.25. The van der Waals surface area contributed by atoms with Crippen LogP contribution in [0.15, 0.2) is 42.5 Å². The Balaban J connectivity index is 1.55. The quantitative estimate of drug-likeness (QED) is 0.643. The molecule has 0 spiro atoms. The van der Waals surface area contributed by atoms with Crippen molar-refractivity contribution >= 4 is 29.2 Å². The summed E-state index contributed by atoms with van der Waals surface area (Å²) < 4.78 is 20.7. The molecule has 2 amide bonds. The van der Waals surface area contributed by atoms with E-state index in [0.29, 0.717) is 28.6 Å². The number of methoxy groups -OCH3 is 3. The summed E-state index contributed by atoms with van der Waals surface area (Å²) in [6.07, 6.45) is 0.0178. The maximum absolute atomic E-state index is 12.4. The van der Waals surface area contributed by atoms with Crippen molar-refractivity contribution in [2.75, 3.05) is 44.7 Å². The van der Waals surface area contributed by atoms with Gasteiger partial charge in [-0.05, 0) is 24.3 Å². The fourth-order valence-electron chi connectivity index (χ4n) is 3.24. The van der Waals surface area contributed by atoms with E-state index in [4.69, 9.17) is 18.9 Å². The zero-order chi connectivity index (χ0) is 22.4. The standard InChI is InChI=1S/C22H24N2O7/c1-28-16-6-4-5-15(10-16)24-12-14(9-21(24)26)22(27)31-13-20(25)23-18-8-7-17(29-2)11-19(18)30-3/h4-8,10-11,14H,9,12-13H2,1-3H3,(H,23,25)/t14-/m1/s1. The van der Waals surface area contributed by atoms with Crippen molar-refractivity contribution < 1.29 is 33.3 Å². The number of carbonyl (C=O) groups excluding carboxylic acids is 3. The number of nitrogens with one attached hydrogen (secondary N) is 1. The normalized spacial score (nSPS) is 15.4. The number of amides is 2. The molecule has 0 radical (unpaired) electrons. The van der Waals surface area contributed by atoms with Crippen molar-refractivity contribution in [3.05, 3.63) is 42.5 Å². The van der Waals surface area contributed by atoms with Gasteiger partial charge in [0.05, 0.1) is 32.9 Å². The summed E-state index contributed by atoms with van der Waals surface area (Å²) in [5.74, 6) is -0.366. The van der Waals surface area contributed by atoms with E-state index in [1.807, 2.05) is 0 Å². The van der Waals surface area contributed by atoms with E-state index in [1.54, 1.807) is 42.5 Å². The molecule has 1 N–H and O–H groups in total. The Morgan fingerprint density at radius 3 is 2.48 bits per heavy atom. The lowest BCUT2D eigenvalue weighted by molar-refractivity contribution is -0.151. The fourth-order valence-corrected chi connectivity index (χ4v) is 3.24. The lowest BCUT2D eigenvalue weighted by Gasteiger charge is -2.17. The second kappa shape index (κ2) is 9.84. The molecule has 1 aliphatic rings. The number of rotatable bonds is 8. The highest BCUT2D eigenvalue weighted by molar-refractivity contribution is 6.00. The van der Waals surface area contributed by atoms with Gasteiger partial charge in [0.25, 0.3) is 5.91 Å². The minimum Gasteiger partial charge on any atom is -0.497 e. The predicted molar refractivity (Wildman–Crippen MR) is 113 cm³/mol. The first-order valence-corrected chi connectivity index (χ1v) is 9.58. The maximum Gasteiger partial charge on any atom is 0.311 e. The van der Waals surface area contributed by atoms with E-state index in [-0.39, 0.29) is 18.9 Å². The molecule has 0 bridgehead atoms. The van der Waals surface area contributed by atoms with Crippen LogP contribution >= 0.6 is 0 Å². The largest absolute Gasteiger partial charge is 0.497 e. The molecule has 3 rings (SSSR count). The van der Waals surface area contributed by atoms with Crippen LogP contribution in [-0.4, -0.2) is 52.3 Å². The number of ether oxygens (including phenoxy) is 4. The Kier molecular flexibility index (Phi) is 6.96. The lowest BCUT2D eigenvalue weighted by atomic mass is 10.1. The van der Waals surface area contributed by atoms with E-state index in [9.17, 15) is 14.4 Å². The van der Waals surface area contributed by atoms with Crippen LogP contribution in [0.5, 0.6) is 17.2 Å². The van der Waals surface area contributed by atoms with E-state index in [2.05, 4.69) is 5.32 Å². The van der Waals surface area contributed by atoms with Gasteiger partial charge in [0.1, 0.15) is 17.2 Å². The molecule has 1 saturated heterocycles. The highest BCUT2D eigenvalue weighted by Gasteiger charge is 2.36. The molecule has 2 aromatic rings. The molecule has 1 aliphatic heterocycles. The average molecular weight is 428 g/mol. The van der Waals surface area contributed by atoms with Gasteiger partial charge in [-0.1, -0.05) is 6.07 Å². The van der Waals surface area contributed by atoms with Gasteiger partial charge in [-0.2, -0.15) is 0 Å². The predicted octanol–water partition coefficient (Wildman–Crippen LogP) is 2.25. The summed E-state index contributed by atoms with van der Waals surface area (Å²) in [6.45, 7) is -0.295. The third-order valence-corrected chi connectivity index (χ3v) is 4.85. The highest BCUT2D eigenvalue weighted by atomic mass is 16.5. The number of esters is 1. The Morgan fingerprint density at radius 1 is 1.03 bits per heavy atom. The number of hydrogen-bond donors (Lipinski definition) is 1. The summed E-state index contributed by atoms with van der Waals surface area (Å²) in [5.41, 5.74) is 1.06. The van der Waals surface area contributed by atoms with E-state index in [1.165, 1.54) is 26.2 Å². The van der Waals surface area contributed by atoms with Crippen molar-refractivity contribution in [2.24, 2.45) is 5.92 Å². The topological polar surface area (TPSA) is 103 Å². The first kappa shape index (κ1) is 21.9. The molecule has 1 heterocycles. The number of anilines is 2. The molecule has 1 atom stereocenters. The highest BCUT2D eigenvalue weighted by Crippen LogP contribution is 2.30. The third-order valence-electron chi connectivity index (χ3n) is 4.85. The zero-order valence-electron chi connectivity index (χ0n) is 17.5. The summed E-state index contributed by atoms with van der Waals surface area (Å²) in [6, 6.07) is 11.9. The molecule has 0 aromatic heterocycles. The average Bonchev–Trinajstić information content (AvgIpc) is 3.19. The second-order valence-corrected chi connectivity index (χ2v) is 6.83. The second-order valence-electron chi connectivity index (χ2n) is 6.83. The van der Waals surface area contributed by atoms with Crippen LogP contribution in [0, 0.1) is 5.92 Å². The molecule has 9 nitrogen and oxygen atoms in total. The van der Waals surface area contributed by atoms with Crippen LogP contribution in [0.25, 0.3) is 0 Å². The first-order valence-electron chi connectivity index (χ1n) is 9.58. The Morgan fingerprint density at radius 2 is 1.77 bits per heavy atom. The van der Waals surface area contributed by atoms with Gasteiger partial charge in [-0.15, -0.1) is 0 Å². The van der Waals surface area contributed by atoms with Crippen molar-refractivity contribution in [3.63, 3.8) is 0 Å². The number of nitrogens with zero attached hydrogens (tertiary/aromatic N) is 1. The fraction of sp³-hybridized carbons (Fsp3) is 0.318. The zero-order valence-corrected chi connectivity index (χ0v) is 17.5. The number of benzene rings is 2. The van der Waals surface area contributed by atoms with Gasteiger partial charge in [0, 0.05) is 30.8 Å². The van der Waals surface area contributed by atoms with Crippen LogP contribution < -0.4 is 24.4 Å². The summed E-state index contributed by atoms with van der Waals surface area (Å²) in [4.78, 5) is 38.5. The molecular weight excluding hydrogens is 404 g/mol. The van der Waals surface area contributed by atoms with Gasteiger partial charge in [0.15, 0.2) is 6.61 Å². The van der Waals surface area contributed by atoms with Crippen molar-refractivity contribution in [1.29, 1.82) is 0 Å². The van der Waals surface area contributed by atoms with Gasteiger partial charge in [-0.25, -0.2) is 0 Å². The minimum atomic E-state index is -0.651. The van der Waals surface area contributed by atoms with Crippen LogP contribution in [0.1, 0.15) is 6.42 Å². The Labute approximate surface area is 179 Å². The summed E-state index contributed by atoms with van der Waals surface area (Å²) >= 11 is 0. The molecule has 0 saturated carbocycles. The van der Waals surface area contributed by atoms with E-state index >= 15 is 0 Å². The molecule has 2 aromatic carbocycles. The van der Waals surface area contributed by atoms with E-state index in [0.717, 1.165) is 0 Å². The SMILES string of the molecule is COc1cccc(N2C[C@H](C(=O)OCC(=O)Nc3ccc(OC)cc3OC)CC2=O)c1. The molecule has 164 valence electrons. The molecule has 9 heteroatoms. The van der Waals surface area contributed by atoms with Crippen LogP contribution in [0.2, 0.25) is 0 Å². The molecule has 1 fully saturated rings. The number of carbonyl (C=O) groups is 3.